The number of hydrogen-bond acceptors (Lipinski definition) is 3. The number of carbonyl (C=O) groups is 1. The molecule has 1 rings (SSSR count). The van der Waals surface area contributed by atoms with Gasteiger partial charge in [-0.1, -0.05) is 23.7 Å². The number of benzene rings is 1. The summed E-state index contributed by atoms with van der Waals surface area (Å²) in [5, 5.41) is 6.88. The van der Waals surface area contributed by atoms with E-state index < -0.39 is 0 Å². The molecule has 0 aliphatic heterocycles. The Morgan fingerprint density at radius 3 is 2.65 bits per heavy atom. The summed E-state index contributed by atoms with van der Waals surface area (Å²) in [6.45, 7) is 2.92. The SMILES string of the molecule is COCCCNC(=O)CCNCCc1ccc(Cl)cc1. The van der Waals surface area contributed by atoms with Crippen LogP contribution >= 0.6 is 11.6 Å². The third-order valence-corrected chi connectivity index (χ3v) is 3.13. The van der Waals surface area contributed by atoms with E-state index in [0.717, 1.165) is 24.4 Å². The molecule has 0 aliphatic carbocycles. The second kappa shape index (κ2) is 10.7. The average molecular weight is 299 g/mol. The second-order valence-corrected chi connectivity index (χ2v) is 5.01. The van der Waals surface area contributed by atoms with Crippen LogP contribution in [0.5, 0.6) is 0 Å². The Morgan fingerprint density at radius 2 is 1.95 bits per heavy atom. The molecule has 1 aromatic carbocycles. The first-order valence-corrected chi connectivity index (χ1v) is 7.31. The summed E-state index contributed by atoms with van der Waals surface area (Å²) in [7, 11) is 1.66. The molecule has 0 saturated heterocycles. The van der Waals surface area contributed by atoms with Crippen LogP contribution in [0.15, 0.2) is 24.3 Å². The van der Waals surface area contributed by atoms with Crippen LogP contribution in [0.25, 0.3) is 0 Å². The summed E-state index contributed by atoms with van der Waals surface area (Å²) in [4.78, 5) is 11.5. The van der Waals surface area contributed by atoms with E-state index in [1.54, 1.807) is 7.11 Å². The van der Waals surface area contributed by atoms with Crippen LogP contribution in [0.1, 0.15) is 18.4 Å². The van der Waals surface area contributed by atoms with Crippen molar-refractivity contribution in [1.82, 2.24) is 10.6 Å². The molecule has 0 spiro atoms. The van der Waals surface area contributed by atoms with Crippen molar-refractivity contribution in [2.45, 2.75) is 19.3 Å². The van der Waals surface area contributed by atoms with Crippen molar-refractivity contribution in [3.63, 3.8) is 0 Å². The van der Waals surface area contributed by atoms with Gasteiger partial charge >= 0.3 is 0 Å². The lowest BCUT2D eigenvalue weighted by atomic mass is 10.1. The van der Waals surface area contributed by atoms with Gasteiger partial charge in [-0.25, -0.2) is 0 Å². The van der Waals surface area contributed by atoms with E-state index in [2.05, 4.69) is 10.6 Å². The van der Waals surface area contributed by atoms with Gasteiger partial charge in [0.1, 0.15) is 0 Å². The van der Waals surface area contributed by atoms with E-state index in [-0.39, 0.29) is 5.91 Å². The highest BCUT2D eigenvalue weighted by Crippen LogP contribution is 2.09. The number of ether oxygens (including phenoxy) is 1. The van der Waals surface area contributed by atoms with Gasteiger partial charge in [0.25, 0.3) is 0 Å². The molecule has 0 bridgehead atoms. The van der Waals surface area contributed by atoms with Gasteiger partial charge in [0.2, 0.25) is 5.91 Å². The molecular formula is C15H23ClN2O2. The molecule has 0 unspecified atom stereocenters. The highest BCUT2D eigenvalue weighted by atomic mass is 35.5. The maximum absolute atomic E-state index is 11.5. The minimum absolute atomic E-state index is 0.0834. The smallest absolute Gasteiger partial charge is 0.221 e. The van der Waals surface area contributed by atoms with Crippen LogP contribution in [-0.2, 0) is 16.0 Å². The standard InChI is InChI=1S/C15H23ClN2O2/c1-20-12-2-9-18-15(19)8-11-17-10-7-13-3-5-14(16)6-4-13/h3-6,17H,2,7-12H2,1H3,(H,18,19). The van der Waals surface area contributed by atoms with Crippen molar-refractivity contribution in [3.05, 3.63) is 34.9 Å². The third kappa shape index (κ3) is 8.15. The van der Waals surface area contributed by atoms with Gasteiger partial charge in [0, 0.05) is 38.2 Å². The Bertz CT molecular complexity index is 382. The van der Waals surface area contributed by atoms with E-state index >= 15 is 0 Å². The van der Waals surface area contributed by atoms with E-state index in [9.17, 15) is 4.79 Å². The molecular weight excluding hydrogens is 276 g/mol. The zero-order valence-electron chi connectivity index (χ0n) is 12.0. The summed E-state index contributed by atoms with van der Waals surface area (Å²) >= 11 is 5.82. The van der Waals surface area contributed by atoms with Crippen molar-refractivity contribution < 1.29 is 9.53 Å². The Hall–Kier alpha value is -1.10. The van der Waals surface area contributed by atoms with E-state index in [4.69, 9.17) is 16.3 Å². The minimum Gasteiger partial charge on any atom is -0.385 e. The Morgan fingerprint density at radius 1 is 1.20 bits per heavy atom. The zero-order valence-corrected chi connectivity index (χ0v) is 12.7. The van der Waals surface area contributed by atoms with E-state index in [0.29, 0.717) is 26.1 Å². The second-order valence-electron chi connectivity index (χ2n) is 4.57. The molecule has 1 aromatic rings. The van der Waals surface area contributed by atoms with Crippen molar-refractivity contribution in [3.8, 4) is 0 Å². The average Bonchev–Trinajstić information content (AvgIpc) is 2.45. The molecule has 0 saturated carbocycles. The first-order valence-electron chi connectivity index (χ1n) is 6.93. The first-order chi connectivity index (χ1) is 9.72. The van der Waals surface area contributed by atoms with E-state index in [1.807, 2.05) is 24.3 Å². The maximum atomic E-state index is 11.5. The monoisotopic (exact) mass is 298 g/mol. The molecule has 1 amide bonds. The highest BCUT2D eigenvalue weighted by Gasteiger charge is 2.00. The Labute approximate surface area is 125 Å². The van der Waals surface area contributed by atoms with Gasteiger partial charge in [0.15, 0.2) is 0 Å². The number of carbonyl (C=O) groups excluding carboxylic acids is 1. The molecule has 2 N–H and O–H groups in total. The molecule has 5 heteroatoms. The topological polar surface area (TPSA) is 50.4 Å². The fraction of sp³-hybridized carbons (Fsp3) is 0.533. The zero-order chi connectivity index (χ0) is 14.6. The quantitative estimate of drug-likeness (QED) is 0.650. The van der Waals surface area contributed by atoms with Gasteiger partial charge in [0.05, 0.1) is 0 Å². The normalized spacial score (nSPS) is 10.5. The van der Waals surface area contributed by atoms with Gasteiger partial charge in [-0.05, 0) is 37.1 Å². The summed E-state index contributed by atoms with van der Waals surface area (Å²) in [5.74, 6) is 0.0834. The summed E-state index contributed by atoms with van der Waals surface area (Å²) < 4.78 is 4.91. The molecule has 4 nitrogen and oxygen atoms in total. The van der Waals surface area contributed by atoms with Crippen LogP contribution in [0.4, 0.5) is 0 Å². The number of hydrogen-bond donors (Lipinski definition) is 2. The van der Waals surface area contributed by atoms with Crippen LogP contribution < -0.4 is 10.6 Å². The number of methoxy groups -OCH3 is 1. The fourth-order valence-corrected chi connectivity index (χ4v) is 1.87. The lowest BCUT2D eigenvalue weighted by Gasteiger charge is -2.06. The van der Waals surface area contributed by atoms with Crippen molar-refractivity contribution in [2.24, 2.45) is 0 Å². The predicted octanol–water partition coefficient (Wildman–Crippen LogP) is 2.01. The minimum atomic E-state index is 0.0834. The molecule has 0 aliphatic rings. The molecule has 112 valence electrons. The van der Waals surface area contributed by atoms with Gasteiger partial charge in [-0.2, -0.15) is 0 Å². The van der Waals surface area contributed by atoms with Crippen LogP contribution in [0, 0.1) is 0 Å². The fourth-order valence-electron chi connectivity index (χ4n) is 1.74. The molecule has 0 heterocycles. The van der Waals surface area contributed by atoms with Crippen molar-refractivity contribution in [1.29, 1.82) is 0 Å². The van der Waals surface area contributed by atoms with Gasteiger partial charge in [-0.3, -0.25) is 4.79 Å². The lowest BCUT2D eigenvalue weighted by Crippen LogP contribution is -2.29. The summed E-state index contributed by atoms with van der Waals surface area (Å²) in [6.07, 6.45) is 2.30. The molecule has 0 atom stereocenters. The van der Waals surface area contributed by atoms with Crippen molar-refractivity contribution >= 4 is 17.5 Å². The maximum Gasteiger partial charge on any atom is 0.221 e. The predicted molar refractivity (Wildman–Crippen MR) is 82.1 cm³/mol. The molecule has 0 radical (unpaired) electrons. The number of amides is 1. The Kier molecular flexibility index (Phi) is 9.04. The molecule has 0 fully saturated rings. The number of rotatable bonds is 10. The van der Waals surface area contributed by atoms with Gasteiger partial charge in [-0.15, -0.1) is 0 Å². The number of nitrogens with one attached hydrogen (secondary N) is 2. The summed E-state index contributed by atoms with van der Waals surface area (Å²) in [5.41, 5.74) is 1.24. The number of halogens is 1. The lowest BCUT2D eigenvalue weighted by molar-refractivity contribution is -0.121. The highest BCUT2D eigenvalue weighted by molar-refractivity contribution is 6.30. The molecule has 0 aromatic heterocycles. The van der Waals surface area contributed by atoms with Crippen LogP contribution in [-0.4, -0.2) is 39.3 Å². The van der Waals surface area contributed by atoms with E-state index in [1.165, 1.54) is 5.56 Å². The van der Waals surface area contributed by atoms with Gasteiger partial charge < -0.3 is 15.4 Å². The largest absolute Gasteiger partial charge is 0.385 e. The first kappa shape index (κ1) is 17.0. The Balaban J connectivity index is 1.98. The van der Waals surface area contributed by atoms with Crippen molar-refractivity contribution in [2.75, 3.05) is 33.4 Å². The molecule has 20 heavy (non-hydrogen) atoms. The van der Waals surface area contributed by atoms with Crippen LogP contribution in [0.3, 0.4) is 0 Å². The van der Waals surface area contributed by atoms with Crippen LogP contribution in [0.2, 0.25) is 5.02 Å². The third-order valence-electron chi connectivity index (χ3n) is 2.88. The summed E-state index contributed by atoms with van der Waals surface area (Å²) in [6, 6.07) is 7.83.